The van der Waals surface area contributed by atoms with Crippen LogP contribution in [0.3, 0.4) is 0 Å². The first kappa shape index (κ1) is 25.0. The fourth-order valence-electron chi connectivity index (χ4n) is 4.03. The van der Waals surface area contributed by atoms with Gasteiger partial charge in [0.15, 0.2) is 0 Å². The number of para-hydroxylation sites is 2. The Morgan fingerprint density at radius 2 is 1.42 bits per heavy atom. The highest BCUT2D eigenvalue weighted by Gasteiger charge is 2.29. The second-order valence-electron chi connectivity index (χ2n) is 8.26. The SMILES string of the molecule is COc1ccccc1[C@H](C)NC(=O)c1ccccc1N(Cc1ccccc1)S(=O)(=O)c1ccccc1. The average molecular weight is 501 g/mol. The van der Waals surface area contributed by atoms with Gasteiger partial charge < -0.3 is 10.1 Å². The number of anilines is 1. The van der Waals surface area contributed by atoms with Crippen molar-refractivity contribution in [2.45, 2.75) is 24.4 Å². The zero-order chi connectivity index (χ0) is 25.5. The number of ether oxygens (including phenoxy) is 1. The molecule has 0 saturated heterocycles. The maximum atomic E-state index is 13.8. The van der Waals surface area contributed by atoms with Crippen LogP contribution >= 0.6 is 0 Å². The standard InChI is InChI=1S/C29H28N2O4S/c1-22(25-17-10-12-20-28(25)35-2)30-29(32)26-18-9-11-19-27(26)31(21-23-13-5-3-6-14-23)36(33,34)24-15-7-4-8-16-24/h3-20,22H,21H2,1-2H3,(H,30,32)/t22-/m0/s1. The molecule has 0 aliphatic rings. The first-order valence-corrected chi connectivity index (χ1v) is 13.0. The van der Waals surface area contributed by atoms with Crippen LogP contribution in [0, 0.1) is 0 Å². The molecule has 0 radical (unpaired) electrons. The molecule has 0 aromatic heterocycles. The summed E-state index contributed by atoms with van der Waals surface area (Å²) >= 11 is 0. The Morgan fingerprint density at radius 3 is 2.11 bits per heavy atom. The van der Waals surface area contributed by atoms with E-state index in [0.29, 0.717) is 11.4 Å². The van der Waals surface area contributed by atoms with E-state index in [-0.39, 0.29) is 29.0 Å². The molecule has 0 spiro atoms. The monoisotopic (exact) mass is 500 g/mol. The van der Waals surface area contributed by atoms with Crippen molar-refractivity contribution < 1.29 is 17.9 Å². The minimum atomic E-state index is -3.97. The number of hydrogen-bond acceptors (Lipinski definition) is 4. The molecule has 4 aromatic rings. The third kappa shape index (κ3) is 5.42. The normalized spacial score (nSPS) is 11.9. The van der Waals surface area contributed by atoms with E-state index in [1.54, 1.807) is 61.7 Å². The molecule has 0 unspecified atom stereocenters. The lowest BCUT2D eigenvalue weighted by atomic mass is 10.1. The van der Waals surface area contributed by atoms with Gasteiger partial charge in [-0.15, -0.1) is 0 Å². The number of carbonyl (C=O) groups excluding carboxylic acids is 1. The van der Waals surface area contributed by atoms with Gasteiger partial charge in [-0.1, -0.05) is 78.9 Å². The Kier molecular flexibility index (Phi) is 7.71. The minimum absolute atomic E-state index is 0.0738. The maximum absolute atomic E-state index is 13.8. The van der Waals surface area contributed by atoms with Crippen molar-refractivity contribution in [1.82, 2.24) is 5.32 Å². The first-order valence-electron chi connectivity index (χ1n) is 11.6. The first-order chi connectivity index (χ1) is 17.4. The molecule has 36 heavy (non-hydrogen) atoms. The lowest BCUT2D eigenvalue weighted by Gasteiger charge is -2.27. The number of nitrogens with one attached hydrogen (secondary N) is 1. The van der Waals surface area contributed by atoms with Gasteiger partial charge in [0.2, 0.25) is 0 Å². The second-order valence-corrected chi connectivity index (χ2v) is 10.1. The van der Waals surface area contributed by atoms with E-state index in [1.165, 1.54) is 4.31 Å². The molecule has 1 atom stereocenters. The molecule has 0 aliphatic heterocycles. The Bertz CT molecular complexity index is 1420. The summed E-state index contributed by atoms with van der Waals surface area (Å²) in [5.74, 6) is 0.279. The van der Waals surface area contributed by atoms with Crippen molar-refractivity contribution in [2.24, 2.45) is 0 Å². The highest BCUT2D eigenvalue weighted by Crippen LogP contribution is 2.30. The summed E-state index contributed by atoms with van der Waals surface area (Å²) in [6, 6.07) is 31.4. The number of methoxy groups -OCH3 is 1. The van der Waals surface area contributed by atoms with Gasteiger partial charge in [0.05, 0.1) is 35.8 Å². The zero-order valence-corrected chi connectivity index (χ0v) is 21.0. The molecule has 6 nitrogen and oxygen atoms in total. The van der Waals surface area contributed by atoms with E-state index in [1.807, 2.05) is 61.5 Å². The lowest BCUT2D eigenvalue weighted by Crippen LogP contribution is -2.34. The fraction of sp³-hybridized carbons (Fsp3) is 0.138. The predicted octanol–water partition coefficient (Wildman–Crippen LogP) is 5.58. The Hall–Kier alpha value is -4.10. The number of hydrogen-bond donors (Lipinski definition) is 1. The van der Waals surface area contributed by atoms with Gasteiger partial charge in [-0.3, -0.25) is 9.10 Å². The molecule has 0 bridgehead atoms. The van der Waals surface area contributed by atoms with Crippen molar-refractivity contribution in [3.8, 4) is 5.75 Å². The van der Waals surface area contributed by atoms with E-state index in [9.17, 15) is 13.2 Å². The summed E-state index contributed by atoms with van der Waals surface area (Å²) in [6.07, 6.45) is 0. The largest absolute Gasteiger partial charge is 0.496 e. The Balaban J connectivity index is 1.74. The molecule has 1 amide bonds. The number of benzene rings is 4. The molecule has 0 heterocycles. The molecule has 4 aromatic carbocycles. The van der Waals surface area contributed by atoms with Crippen LogP contribution in [-0.2, 0) is 16.6 Å². The van der Waals surface area contributed by atoms with Gasteiger partial charge >= 0.3 is 0 Å². The van der Waals surface area contributed by atoms with Crippen LogP contribution in [0.4, 0.5) is 5.69 Å². The van der Waals surface area contributed by atoms with Gasteiger partial charge in [-0.2, -0.15) is 0 Å². The highest BCUT2D eigenvalue weighted by atomic mass is 32.2. The van der Waals surface area contributed by atoms with Gasteiger partial charge in [0.25, 0.3) is 15.9 Å². The average Bonchev–Trinajstić information content (AvgIpc) is 2.92. The molecule has 7 heteroatoms. The quantitative estimate of drug-likeness (QED) is 0.325. The van der Waals surface area contributed by atoms with Crippen LogP contribution in [-0.4, -0.2) is 21.4 Å². The maximum Gasteiger partial charge on any atom is 0.264 e. The summed E-state index contributed by atoms with van der Waals surface area (Å²) in [4.78, 5) is 13.6. The van der Waals surface area contributed by atoms with E-state index >= 15 is 0 Å². The molecule has 1 N–H and O–H groups in total. The zero-order valence-electron chi connectivity index (χ0n) is 20.2. The number of carbonyl (C=O) groups is 1. The van der Waals surface area contributed by atoms with Crippen LogP contribution in [0.5, 0.6) is 5.75 Å². The van der Waals surface area contributed by atoms with Crippen molar-refractivity contribution in [3.63, 3.8) is 0 Å². The summed E-state index contributed by atoms with van der Waals surface area (Å²) in [5, 5.41) is 3.00. The van der Waals surface area contributed by atoms with E-state index < -0.39 is 10.0 Å². The number of nitrogens with zero attached hydrogens (tertiary/aromatic N) is 1. The van der Waals surface area contributed by atoms with Crippen LogP contribution in [0.25, 0.3) is 0 Å². The molecule has 0 aliphatic carbocycles. The van der Waals surface area contributed by atoms with Crippen LogP contribution in [0.15, 0.2) is 114 Å². The third-order valence-corrected chi connectivity index (χ3v) is 7.64. The Labute approximate surface area is 212 Å². The third-order valence-electron chi connectivity index (χ3n) is 5.87. The van der Waals surface area contributed by atoms with Gasteiger partial charge in [0, 0.05) is 5.56 Å². The van der Waals surface area contributed by atoms with E-state index in [0.717, 1.165) is 11.1 Å². The van der Waals surface area contributed by atoms with Gasteiger partial charge in [-0.05, 0) is 42.8 Å². The smallest absolute Gasteiger partial charge is 0.264 e. The van der Waals surface area contributed by atoms with E-state index in [4.69, 9.17) is 4.74 Å². The number of sulfonamides is 1. The van der Waals surface area contributed by atoms with Crippen molar-refractivity contribution in [3.05, 3.63) is 126 Å². The van der Waals surface area contributed by atoms with Crippen LogP contribution in [0.2, 0.25) is 0 Å². The number of rotatable bonds is 9. The molecule has 4 rings (SSSR count). The summed E-state index contributed by atoms with van der Waals surface area (Å²) in [5.41, 5.74) is 2.18. The molecule has 184 valence electrons. The molecule has 0 saturated carbocycles. The van der Waals surface area contributed by atoms with Crippen LogP contribution in [0.1, 0.15) is 34.5 Å². The lowest BCUT2D eigenvalue weighted by molar-refractivity contribution is 0.0940. The minimum Gasteiger partial charge on any atom is -0.496 e. The van der Waals surface area contributed by atoms with Crippen LogP contribution < -0.4 is 14.4 Å². The van der Waals surface area contributed by atoms with Gasteiger partial charge in [-0.25, -0.2) is 8.42 Å². The van der Waals surface area contributed by atoms with Crippen molar-refractivity contribution in [1.29, 1.82) is 0 Å². The topological polar surface area (TPSA) is 75.7 Å². The molecule has 0 fully saturated rings. The summed E-state index contributed by atoms with van der Waals surface area (Å²) < 4.78 is 34.4. The summed E-state index contributed by atoms with van der Waals surface area (Å²) in [7, 11) is -2.38. The molecular formula is C29H28N2O4S. The van der Waals surface area contributed by atoms with Crippen molar-refractivity contribution in [2.75, 3.05) is 11.4 Å². The van der Waals surface area contributed by atoms with E-state index in [2.05, 4.69) is 5.32 Å². The predicted molar refractivity (Wildman–Crippen MR) is 142 cm³/mol. The van der Waals surface area contributed by atoms with Gasteiger partial charge in [0.1, 0.15) is 5.75 Å². The highest BCUT2D eigenvalue weighted by molar-refractivity contribution is 7.92. The van der Waals surface area contributed by atoms with Crippen molar-refractivity contribution >= 4 is 21.6 Å². The Morgan fingerprint density at radius 1 is 0.833 bits per heavy atom. The fourth-order valence-corrected chi connectivity index (χ4v) is 5.52. The summed E-state index contributed by atoms with van der Waals surface area (Å²) in [6.45, 7) is 1.94. The molecular weight excluding hydrogens is 472 g/mol. The second kappa shape index (κ2) is 11.1. The number of amides is 1.